The molecule has 25 heavy (non-hydrogen) atoms. The van der Waals surface area contributed by atoms with Gasteiger partial charge in [-0.15, -0.1) is 24.0 Å². The standard InChI is InChI=1S/C19H36N4O.HI/c1-2-20-19(21-10-3-13-24-15-17-6-7-17)22-11-12-23(18-8-9-18)14-16-4-5-16;/h16-18H,2-15H2,1H3,(H2,20,21,22);1H. The zero-order valence-corrected chi connectivity index (χ0v) is 18.2. The summed E-state index contributed by atoms with van der Waals surface area (Å²) in [6.45, 7) is 9.14. The van der Waals surface area contributed by atoms with Crippen LogP contribution in [-0.4, -0.2) is 62.8 Å². The minimum Gasteiger partial charge on any atom is -0.381 e. The van der Waals surface area contributed by atoms with E-state index in [9.17, 15) is 0 Å². The largest absolute Gasteiger partial charge is 0.381 e. The maximum absolute atomic E-state index is 5.67. The SMILES string of the molecule is CCNC(=NCCCOCC1CC1)NCCN(CC1CC1)C1CC1.I. The minimum absolute atomic E-state index is 0. The average molecular weight is 464 g/mol. The van der Waals surface area contributed by atoms with E-state index >= 15 is 0 Å². The highest BCUT2D eigenvalue weighted by Gasteiger charge is 2.33. The molecule has 0 atom stereocenters. The zero-order valence-electron chi connectivity index (χ0n) is 15.8. The van der Waals surface area contributed by atoms with Crippen LogP contribution in [0.5, 0.6) is 0 Å². The van der Waals surface area contributed by atoms with Crippen LogP contribution in [0, 0.1) is 11.8 Å². The first-order chi connectivity index (χ1) is 11.8. The van der Waals surface area contributed by atoms with Gasteiger partial charge < -0.3 is 15.4 Å². The molecule has 0 aromatic heterocycles. The van der Waals surface area contributed by atoms with E-state index in [1.54, 1.807) is 0 Å². The summed E-state index contributed by atoms with van der Waals surface area (Å²) in [4.78, 5) is 7.37. The molecular formula is C19H37IN4O. The van der Waals surface area contributed by atoms with Crippen molar-refractivity contribution >= 4 is 29.9 Å². The molecule has 146 valence electrons. The topological polar surface area (TPSA) is 48.9 Å². The van der Waals surface area contributed by atoms with Gasteiger partial charge in [0.2, 0.25) is 0 Å². The molecule has 3 aliphatic rings. The Morgan fingerprint density at radius 2 is 1.84 bits per heavy atom. The van der Waals surface area contributed by atoms with Crippen molar-refractivity contribution < 1.29 is 4.74 Å². The highest BCUT2D eigenvalue weighted by Crippen LogP contribution is 2.34. The van der Waals surface area contributed by atoms with Crippen molar-refractivity contribution in [2.45, 2.75) is 57.9 Å². The van der Waals surface area contributed by atoms with Gasteiger partial charge in [-0.25, -0.2) is 0 Å². The maximum Gasteiger partial charge on any atom is 0.191 e. The third kappa shape index (κ3) is 9.43. The summed E-state index contributed by atoms with van der Waals surface area (Å²) in [5.74, 6) is 2.81. The fourth-order valence-corrected chi connectivity index (χ4v) is 3.05. The third-order valence-corrected chi connectivity index (χ3v) is 5.06. The Morgan fingerprint density at radius 1 is 1.08 bits per heavy atom. The molecule has 6 heteroatoms. The molecule has 0 radical (unpaired) electrons. The normalized spacial score (nSPS) is 20.5. The van der Waals surface area contributed by atoms with E-state index in [0.717, 1.165) is 69.7 Å². The third-order valence-electron chi connectivity index (χ3n) is 5.06. The summed E-state index contributed by atoms with van der Waals surface area (Å²) in [6, 6.07) is 0.871. The second kappa shape index (κ2) is 11.6. The molecule has 3 saturated carbocycles. The van der Waals surface area contributed by atoms with E-state index in [4.69, 9.17) is 4.74 Å². The second-order valence-electron chi connectivity index (χ2n) is 7.73. The lowest BCUT2D eigenvalue weighted by atomic mass is 10.3. The van der Waals surface area contributed by atoms with E-state index in [0.29, 0.717) is 0 Å². The van der Waals surface area contributed by atoms with Gasteiger partial charge in [0, 0.05) is 52.0 Å². The zero-order chi connectivity index (χ0) is 16.6. The monoisotopic (exact) mass is 464 g/mol. The van der Waals surface area contributed by atoms with Crippen LogP contribution in [0.25, 0.3) is 0 Å². The highest BCUT2D eigenvalue weighted by molar-refractivity contribution is 14.0. The summed E-state index contributed by atoms with van der Waals surface area (Å²) in [6.07, 6.45) is 9.45. The lowest BCUT2D eigenvalue weighted by molar-refractivity contribution is 0.123. The Kier molecular flexibility index (Phi) is 9.84. The van der Waals surface area contributed by atoms with Gasteiger partial charge in [-0.2, -0.15) is 0 Å². The predicted molar refractivity (Wildman–Crippen MR) is 115 cm³/mol. The summed E-state index contributed by atoms with van der Waals surface area (Å²) < 4.78 is 5.67. The van der Waals surface area contributed by atoms with Crippen molar-refractivity contribution in [3.8, 4) is 0 Å². The van der Waals surface area contributed by atoms with E-state index in [1.807, 2.05) is 0 Å². The number of rotatable bonds is 13. The van der Waals surface area contributed by atoms with Crippen LogP contribution in [0.1, 0.15) is 51.9 Å². The van der Waals surface area contributed by atoms with Gasteiger partial charge >= 0.3 is 0 Å². The highest BCUT2D eigenvalue weighted by atomic mass is 127. The molecule has 2 N–H and O–H groups in total. The molecule has 0 unspecified atom stereocenters. The van der Waals surface area contributed by atoms with Crippen LogP contribution in [0.4, 0.5) is 0 Å². The van der Waals surface area contributed by atoms with E-state index in [2.05, 4.69) is 27.4 Å². The Hall–Kier alpha value is -0.0800. The molecule has 0 saturated heterocycles. The first kappa shape index (κ1) is 21.2. The number of ether oxygens (including phenoxy) is 1. The number of halogens is 1. The van der Waals surface area contributed by atoms with E-state index in [1.165, 1.54) is 45.1 Å². The van der Waals surface area contributed by atoms with Crippen LogP contribution in [0.3, 0.4) is 0 Å². The van der Waals surface area contributed by atoms with Crippen LogP contribution in [0.15, 0.2) is 4.99 Å². The summed E-state index contributed by atoms with van der Waals surface area (Å²) in [5.41, 5.74) is 0. The molecule has 3 aliphatic carbocycles. The van der Waals surface area contributed by atoms with Gasteiger partial charge in [-0.3, -0.25) is 9.89 Å². The smallest absolute Gasteiger partial charge is 0.191 e. The summed E-state index contributed by atoms with van der Waals surface area (Å²) in [7, 11) is 0. The fourth-order valence-electron chi connectivity index (χ4n) is 3.05. The Morgan fingerprint density at radius 3 is 2.48 bits per heavy atom. The van der Waals surface area contributed by atoms with Gasteiger partial charge in [-0.05, 0) is 63.7 Å². The minimum atomic E-state index is 0. The lowest BCUT2D eigenvalue weighted by Crippen LogP contribution is -2.42. The van der Waals surface area contributed by atoms with E-state index in [-0.39, 0.29) is 24.0 Å². The van der Waals surface area contributed by atoms with Crippen LogP contribution >= 0.6 is 24.0 Å². The van der Waals surface area contributed by atoms with E-state index < -0.39 is 0 Å². The van der Waals surface area contributed by atoms with Crippen molar-refractivity contribution in [3.63, 3.8) is 0 Å². The second-order valence-corrected chi connectivity index (χ2v) is 7.73. The van der Waals surface area contributed by atoms with Gasteiger partial charge in [0.05, 0.1) is 0 Å². The summed E-state index contributed by atoms with van der Waals surface area (Å²) >= 11 is 0. The fraction of sp³-hybridized carbons (Fsp3) is 0.947. The molecule has 3 rings (SSSR count). The average Bonchev–Trinajstić information content (AvgIpc) is 3.43. The van der Waals surface area contributed by atoms with Crippen molar-refractivity contribution in [1.29, 1.82) is 0 Å². The number of hydrogen-bond donors (Lipinski definition) is 2. The van der Waals surface area contributed by atoms with Crippen molar-refractivity contribution in [2.24, 2.45) is 16.8 Å². The van der Waals surface area contributed by atoms with Crippen LogP contribution < -0.4 is 10.6 Å². The molecule has 0 spiro atoms. The Bertz CT molecular complexity index is 395. The predicted octanol–water partition coefficient (Wildman–Crippen LogP) is 2.85. The Balaban J connectivity index is 0.00000225. The molecule has 0 bridgehead atoms. The van der Waals surface area contributed by atoms with Crippen molar-refractivity contribution in [2.75, 3.05) is 45.9 Å². The van der Waals surface area contributed by atoms with Crippen LogP contribution in [0.2, 0.25) is 0 Å². The molecule has 0 aliphatic heterocycles. The maximum atomic E-state index is 5.67. The summed E-state index contributed by atoms with van der Waals surface area (Å²) in [5, 5.41) is 6.86. The number of aliphatic imine (C=N–C) groups is 1. The van der Waals surface area contributed by atoms with Gasteiger partial charge in [0.1, 0.15) is 0 Å². The number of guanidine groups is 1. The number of nitrogens with one attached hydrogen (secondary N) is 2. The number of hydrogen-bond acceptors (Lipinski definition) is 3. The molecule has 5 nitrogen and oxygen atoms in total. The first-order valence-corrected chi connectivity index (χ1v) is 10.2. The number of nitrogens with zero attached hydrogens (tertiary/aromatic N) is 2. The lowest BCUT2D eigenvalue weighted by Gasteiger charge is -2.22. The molecule has 0 heterocycles. The molecule has 0 aromatic rings. The molecular weight excluding hydrogens is 427 g/mol. The van der Waals surface area contributed by atoms with Crippen molar-refractivity contribution in [3.05, 3.63) is 0 Å². The first-order valence-electron chi connectivity index (χ1n) is 10.2. The Labute approximate surface area is 170 Å². The van der Waals surface area contributed by atoms with Gasteiger partial charge in [0.25, 0.3) is 0 Å². The quantitative estimate of drug-likeness (QED) is 0.191. The molecule has 3 fully saturated rings. The van der Waals surface area contributed by atoms with Crippen molar-refractivity contribution in [1.82, 2.24) is 15.5 Å². The van der Waals surface area contributed by atoms with Gasteiger partial charge in [-0.1, -0.05) is 0 Å². The molecule has 0 aromatic carbocycles. The van der Waals surface area contributed by atoms with Crippen LogP contribution in [-0.2, 0) is 4.74 Å². The molecule has 0 amide bonds. The van der Waals surface area contributed by atoms with Gasteiger partial charge in [0.15, 0.2) is 5.96 Å².